The zero-order valence-electron chi connectivity index (χ0n) is 14.8. The Morgan fingerprint density at radius 1 is 1.12 bits per heavy atom. The predicted molar refractivity (Wildman–Crippen MR) is 97.5 cm³/mol. The Hall–Kier alpha value is -2.50. The molecule has 0 aromatic heterocycles. The molecule has 5 heteroatoms. The zero-order valence-corrected chi connectivity index (χ0v) is 14.8. The van der Waals surface area contributed by atoms with Crippen molar-refractivity contribution in [1.82, 2.24) is 5.32 Å². The van der Waals surface area contributed by atoms with E-state index < -0.39 is 12.1 Å². The molecule has 1 unspecified atom stereocenters. The summed E-state index contributed by atoms with van der Waals surface area (Å²) < 4.78 is 11.2. The molecule has 1 amide bonds. The number of benzene rings is 2. The highest BCUT2D eigenvalue weighted by molar-refractivity contribution is 5.93. The van der Waals surface area contributed by atoms with Gasteiger partial charge >= 0.3 is 0 Å². The predicted octanol–water partition coefficient (Wildman–Crippen LogP) is 2.29. The van der Waals surface area contributed by atoms with Gasteiger partial charge in [0.25, 0.3) is 0 Å². The van der Waals surface area contributed by atoms with Gasteiger partial charge in [-0.1, -0.05) is 60.7 Å². The van der Waals surface area contributed by atoms with Crippen LogP contribution in [-0.2, 0) is 32.1 Å². The van der Waals surface area contributed by atoms with E-state index in [0.717, 1.165) is 11.1 Å². The number of carbonyl (C=O) groups is 2. The summed E-state index contributed by atoms with van der Waals surface area (Å²) in [5.74, 6) is -0.396. The average Bonchev–Trinajstić information content (AvgIpc) is 2.98. The van der Waals surface area contributed by atoms with Gasteiger partial charge in [-0.2, -0.15) is 0 Å². The van der Waals surface area contributed by atoms with E-state index in [9.17, 15) is 9.59 Å². The van der Waals surface area contributed by atoms with Crippen molar-refractivity contribution in [2.75, 3.05) is 6.61 Å². The smallest absolute Gasteiger partial charge is 0.250 e. The number of rotatable bonds is 7. The molecular weight excluding hydrogens is 330 g/mol. The third-order valence-electron chi connectivity index (χ3n) is 4.45. The SMILES string of the molecule is CC1OCC(=O)[C@@H]1NC(=O)[C@@H](Cc1ccccc1)OCc1ccccc1. The minimum absolute atomic E-state index is 0.0420. The van der Waals surface area contributed by atoms with Gasteiger partial charge in [-0.05, 0) is 18.1 Å². The van der Waals surface area contributed by atoms with Gasteiger partial charge in [0.15, 0.2) is 5.78 Å². The first-order chi connectivity index (χ1) is 12.6. The number of nitrogens with one attached hydrogen (secondary N) is 1. The van der Waals surface area contributed by atoms with Crippen LogP contribution in [-0.4, -0.2) is 36.5 Å². The lowest BCUT2D eigenvalue weighted by Gasteiger charge is -2.21. The van der Waals surface area contributed by atoms with Crippen molar-refractivity contribution in [3.63, 3.8) is 0 Å². The third kappa shape index (κ3) is 4.77. The van der Waals surface area contributed by atoms with Crippen molar-refractivity contribution >= 4 is 11.7 Å². The molecule has 5 nitrogen and oxygen atoms in total. The van der Waals surface area contributed by atoms with Crippen LogP contribution in [0.1, 0.15) is 18.1 Å². The molecule has 0 saturated carbocycles. The molecule has 1 N–H and O–H groups in total. The molecule has 0 aliphatic carbocycles. The Labute approximate surface area is 153 Å². The monoisotopic (exact) mass is 353 g/mol. The summed E-state index contributed by atoms with van der Waals surface area (Å²) in [6.45, 7) is 2.16. The Bertz CT molecular complexity index is 732. The van der Waals surface area contributed by atoms with Crippen molar-refractivity contribution in [2.24, 2.45) is 0 Å². The van der Waals surface area contributed by atoms with Crippen LogP contribution in [0.2, 0.25) is 0 Å². The first kappa shape index (κ1) is 18.3. The molecule has 3 atom stereocenters. The van der Waals surface area contributed by atoms with Crippen LogP contribution in [0.5, 0.6) is 0 Å². The van der Waals surface area contributed by atoms with Crippen LogP contribution in [0.25, 0.3) is 0 Å². The molecule has 26 heavy (non-hydrogen) atoms. The molecule has 2 aromatic carbocycles. The van der Waals surface area contributed by atoms with Gasteiger partial charge in [0.1, 0.15) is 18.8 Å². The largest absolute Gasteiger partial charge is 0.368 e. The number of carbonyl (C=O) groups excluding carboxylic acids is 2. The van der Waals surface area contributed by atoms with E-state index >= 15 is 0 Å². The topological polar surface area (TPSA) is 64.6 Å². The van der Waals surface area contributed by atoms with E-state index in [-0.39, 0.29) is 24.4 Å². The highest BCUT2D eigenvalue weighted by Crippen LogP contribution is 2.13. The normalized spacial score (nSPS) is 20.7. The molecular formula is C21H23NO4. The van der Waals surface area contributed by atoms with Crippen molar-refractivity contribution < 1.29 is 19.1 Å². The number of hydrogen-bond donors (Lipinski definition) is 1. The lowest BCUT2D eigenvalue weighted by Crippen LogP contribution is -2.49. The second-order valence-corrected chi connectivity index (χ2v) is 6.44. The van der Waals surface area contributed by atoms with Crippen molar-refractivity contribution in [2.45, 2.75) is 38.2 Å². The van der Waals surface area contributed by atoms with Gasteiger partial charge in [0.2, 0.25) is 5.91 Å². The minimum Gasteiger partial charge on any atom is -0.368 e. The van der Waals surface area contributed by atoms with Gasteiger partial charge in [0.05, 0.1) is 12.7 Å². The molecule has 136 valence electrons. The maximum atomic E-state index is 12.8. The molecule has 2 aromatic rings. The van der Waals surface area contributed by atoms with E-state index in [1.807, 2.05) is 60.7 Å². The quantitative estimate of drug-likeness (QED) is 0.829. The zero-order chi connectivity index (χ0) is 18.4. The highest BCUT2D eigenvalue weighted by Gasteiger charge is 2.35. The van der Waals surface area contributed by atoms with Gasteiger partial charge in [-0.25, -0.2) is 0 Å². The van der Waals surface area contributed by atoms with Crippen molar-refractivity contribution in [3.05, 3.63) is 71.8 Å². The van der Waals surface area contributed by atoms with Crippen LogP contribution in [0, 0.1) is 0 Å². The Balaban J connectivity index is 1.68. The molecule has 1 aliphatic heterocycles. The Morgan fingerprint density at radius 2 is 1.73 bits per heavy atom. The fourth-order valence-corrected chi connectivity index (χ4v) is 2.93. The second-order valence-electron chi connectivity index (χ2n) is 6.44. The number of amides is 1. The summed E-state index contributed by atoms with van der Waals surface area (Å²) in [6.07, 6.45) is -0.563. The maximum Gasteiger partial charge on any atom is 0.250 e. The van der Waals surface area contributed by atoms with Crippen molar-refractivity contribution in [1.29, 1.82) is 0 Å². The summed E-state index contributed by atoms with van der Waals surface area (Å²) >= 11 is 0. The number of ketones is 1. The molecule has 3 rings (SSSR count). The molecule has 0 spiro atoms. The van der Waals surface area contributed by atoms with Crippen molar-refractivity contribution in [3.8, 4) is 0 Å². The van der Waals surface area contributed by atoms with Crippen LogP contribution in [0.3, 0.4) is 0 Å². The summed E-state index contributed by atoms with van der Waals surface area (Å²) in [6, 6.07) is 18.8. The van der Waals surface area contributed by atoms with Crippen LogP contribution in [0.15, 0.2) is 60.7 Å². The summed E-state index contributed by atoms with van der Waals surface area (Å²) in [7, 11) is 0. The Kier molecular flexibility index (Phi) is 6.15. The molecule has 0 radical (unpaired) electrons. The summed E-state index contributed by atoms with van der Waals surface area (Å²) in [4.78, 5) is 24.7. The maximum absolute atomic E-state index is 12.8. The lowest BCUT2D eigenvalue weighted by atomic mass is 10.1. The Morgan fingerprint density at radius 3 is 2.31 bits per heavy atom. The fourth-order valence-electron chi connectivity index (χ4n) is 2.93. The fraction of sp³-hybridized carbons (Fsp3) is 0.333. The first-order valence-corrected chi connectivity index (χ1v) is 8.77. The summed E-state index contributed by atoms with van der Waals surface area (Å²) in [5.41, 5.74) is 2.00. The average molecular weight is 353 g/mol. The first-order valence-electron chi connectivity index (χ1n) is 8.77. The summed E-state index contributed by atoms with van der Waals surface area (Å²) in [5, 5.41) is 2.80. The van der Waals surface area contributed by atoms with Crippen LogP contribution < -0.4 is 5.32 Å². The number of hydrogen-bond acceptors (Lipinski definition) is 4. The molecule has 0 bridgehead atoms. The van der Waals surface area contributed by atoms with Crippen LogP contribution in [0.4, 0.5) is 0 Å². The minimum atomic E-state index is -0.682. The standard InChI is InChI=1S/C21H23NO4/c1-15-20(18(23)14-25-15)22-21(24)19(12-16-8-4-2-5-9-16)26-13-17-10-6-3-7-11-17/h2-11,15,19-20H,12-14H2,1H3,(H,22,24)/t15?,19-,20-/m1/s1. The molecule has 1 saturated heterocycles. The van der Waals surface area contributed by atoms with E-state index in [4.69, 9.17) is 9.47 Å². The lowest BCUT2D eigenvalue weighted by molar-refractivity contribution is -0.136. The van der Waals surface area contributed by atoms with E-state index in [2.05, 4.69) is 5.32 Å². The highest BCUT2D eigenvalue weighted by atomic mass is 16.5. The van der Waals surface area contributed by atoms with E-state index in [0.29, 0.717) is 13.0 Å². The number of Topliss-reactive ketones (excluding diaryl/α,β-unsaturated/α-hetero) is 1. The second kappa shape index (κ2) is 8.74. The van der Waals surface area contributed by atoms with E-state index in [1.54, 1.807) is 6.92 Å². The molecule has 1 aliphatic rings. The van der Waals surface area contributed by atoms with Crippen LogP contribution >= 0.6 is 0 Å². The van der Waals surface area contributed by atoms with E-state index in [1.165, 1.54) is 0 Å². The third-order valence-corrected chi connectivity index (χ3v) is 4.45. The van der Waals surface area contributed by atoms with Gasteiger partial charge in [-0.3, -0.25) is 9.59 Å². The van der Waals surface area contributed by atoms with Gasteiger partial charge in [0, 0.05) is 6.42 Å². The van der Waals surface area contributed by atoms with Gasteiger partial charge in [-0.15, -0.1) is 0 Å². The molecule has 1 fully saturated rings. The van der Waals surface area contributed by atoms with Gasteiger partial charge < -0.3 is 14.8 Å². The molecule has 1 heterocycles. The number of ether oxygens (including phenoxy) is 2.